The van der Waals surface area contributed by atoms with Crippen molar-refractivity contribution < 1.29 is 9.53 Å². The lowest BCUT2D eigenvalue weighted by molar-refractivity contribution is -0.132. The van der Waals surface area contributed by atoms with Gasteiger partial charge in [-0.05, 0) is 18.1 Å². The molecule has 4 nitrogen and oxygen atoms in total. The molecule has 0 saturated carbocycles. The highest BCUT2D eigenvalue weighted by Crippen LogP contribution is 2.19. The molecule has 1 aromatic heterocycles. The van der Waals surface area contributed by atoms with Crippen molar-refractivity contribution >= 4 is 17.5 Å². The molecule has 0 aliphatic carbocycles. The van der Waals surface area contributed by atoms with Crippen molar-refractivity contribution in [2.24, 2.45) is 0 Å². The monoisotopic (exact) mass is 344 g/mol. The molecule has 2 aromatic rings. The number of pyridine rings is 1. The molecule has 24 heavy (non-hydrogen) atoms. The zero-order valence-corrected chi connectivity index (χ0v) is 14.3. The number of aromatic nitrogens is 1. The Bertz CT molecular complexity index is 653. The number of carbonyl (C=O) groups excluding carboxylic acids is 1. The first-order valence-electron chi connectivity index (χ1n) is 8.30. The van der Waals surface area contributed by atoms with E-state index in [1.54, 1.807) is 18.3 Å². The van der Waals surface area contributed by atoms with E-state index in [0.29, 0.717) is 17.3 Å². The summed E-state index contributed by atoms with van der Waals surface area (Å²) < 4.78 is 5.86. The summed E-state index contributed by atoms with van der Waals surface area (Å²) >= 11 is 5.82. The second-order valence-electron chi connectivity index (χ2n) is 6.00. The molecule has 1 aliphatic rings. The molecule has 126 valence electrons. The molecule has 0 radical (unpaired) electrons. The summed E-state index contributed by atoms with van der Waals surface area (Å²) in [6.45, 7) is 1.48. The lowest BCUT2D eigenvalue weighted by atomic mass is 10.1. The van der Waals surface area contributed by atoms with Gasteiger partial charge in [-0.3, -0.25) is 4.79 Å². The summed E-state index contributed by atoms with van der Waals surface area (Å²) in [4.78, 5) is 18.4. The number of aryl methyl sites for hydroxylation is 1. The number of ether oxygens (including phenoxy) is 1. The highest BCUT2D eigenvalue weighted by Gasteiger charge is 2.23. The standard InChI is InChI=1S/C19H21ClN2O2/c20-16-7-8-18(21-14-16)24-17-10-12-22(13-11-17)19(23)9-6-15-4-2-1-3-5-15/h1-5,7-8,14,17H,6,9-13H2. The van der Waals surface area contributed by atoms with Gasteiger partial charge in [0.1, 0.15) is 6.10 Å². The maximum atomic E-state index is 12.3. The molecular weight excluding hydrogens is 324 g/mol. The summed E-state index contributed by atoms with van der Waals surface area (Å²) in [6.07, 6.45) is 4.72. The van der Waals surface area contributed by atoms with Gasteiger partial charge in [0.15, 0.2) is 0 Å². The van der Waals surface area contributed by atoms with Crippen LogP contribution in [0.1, 0.15) is 24.8 Å². The lowest BCUT2D eigenvalue weighted by Crippen LogP contribution is -2.41. The maximum absolute atomic E-state index is 12.3. The Hall–Kier alpha value is -2.07. The van der Waals surface area contributed by atoms with Gasteiger partial charge in [-0.25, -0.2) is 4.98 Å². The molecule has 1 saturated heterocycles. The highest BCUT2D eigenvalue weighted by molar-refractivity contribution is 6.30. The van der Waals surface area contributed by atoms with Gasteiger partial charge >= 0.3 is 0 Å². The predicted molar refractivity (Wildman–Crippen MR) is 94.2 cm³/mol. The quantitative estimate of drug-likeness (QED) is 0.829. The van der Waals surface area contributed by atoms with Crippen molar-refractivity contribution in [2.45, 2.75) is 31.8 Å². The lowest BCUT2D eigenvalue weighted by Gasteiger charge is -2.32. The van der Waals surface area contributed by atoms with Crippen molar-refractivity contribution in [2.75, 3.05) is 13.1 Å². The van der Waals surface area contributed by atoms with E-state index in [1.165, 1.54) is 5.56 Å². The van der Waals surface area contributed by atoms with Gasteiger partial charge in [0.25, 0.3) is 0 Å². The van der Waals surface area contributed by atoms with E-state index < -0.39 is 0 Å². The van der Waals surface area contributed by atoms with Crippen LogP contribution < -0.4 is 4.74 Å². The first-order valence-corrected chi connectivity index (χ1v) is 8.68. The molecular formula is C19H21ClN2O2. The number of hydrogen-bond donors (Lipinski definition) is 0. The minimum Gasteiger partial charge on any atom is -0.474 e. The Labute approximate surface area is 147 Å². The minimum atomic E-state index is 0.108. The Balaban J connectivity index is 1.42. The first kappa shape index (κ1) is 16.8. The van der Waals surface area contributed by atoms with Crippen LogP contribution in [0.5, 0.6) is 5.88 Å². The third kappa shape index (κ3) is 4.71. The molecule has 1 aliphatic heterocycles. The topological polar surface area (TPSA) is 42.4 Å². The van der Waals surface area contributed by atoms with Crippen molar-refractivity contribution in [3.05, 3.63) is 59.2 Å². The van der Waals surface area contributed by atoms with Crippen LogP contribution in [0, 0.1) is 0 Å². The molecule has 3 rings (SSSR count). The fourth-order valence-electron chi connectivity index (χ4n) is 2.88. The zero-order valence-electron chi connectivity index (χ0n) is 13.5. The second-order valence-corrected chi connectivity index (χ2v) is 6.43. The number of carbonyl (C=O) groups is 1. The second kappa shape index (κ2) is 8.15. The van der Waals surface area contributed by atoms with E-state index in [2.05, 4.69) is 17.1 Å². The molecule has 5 heteroatoms. The fraction of sp³-hybridized carbons (Fsp3) is 0.368. The van der Waals surface area contributed by atoms with Crippen molar-refractivity contribution in [3.8, 4) is 5.88 Å². The Kier molecular flexibility index (Phi) is 5.70. The van der Waals surface area contributed by atoms with Crippen molar-refractivity contribution in [3.63, 3.8) is 0 Å². The van der Waals surface area contributed by atoms with Gasteiger partial charge in [-0.2, -0.15) is 0 Å². The summed E-state index contributed by atoms with van der Waals surface area (Å²) in [5, 5.41) is 0.598. The van der Waals surface area contributed by atoms with Crippen LogP contribution in [0.2, 0.25) is 5.02 Å². The van der Waals surface area contributed by atoms with Crippen LogP contribution in [-0.4, -0.2) is 35.0 Å². The number of amides is 1. The summed E-state index contributed by atoms with van der Waals surface area (Å²) in [5.41, 5.74) is 1.21. The molecule has 0 N–H and O–H groups in total. The molecule has 0 atom stereocenters. The number of hydrogen-bond acceptors (Lipinski definition) is 3. The average molecular weight is 345 g/mol. The molecule has 0 spiro atoms. The summed E-state index contributed by atoms with van der Waals surface area (Å²) in [5.74, 6) is 0.815. The van der Waals surface area contributed by atoms with E-state index in [9.17, 15) is 4.79 Å². The Morgan fingerprint density at radius 2 is 1.92 bits per heavy atom. The summed E-state index contributed by atoms with van der Waals surface area (Å²) in [6, 6.07) is 13.7. The van der Waals surface area contributed by atoms with E-state index in [-0.39, 0.29) is 12.0 Å². The Morgan fingerprint density at radius 3 is 2.58 bits per heavy atom. The molecule has 0 unspecified atom stereocenters. The molecule has 1 aromatic carbocycles. The number of likely N-dealkylation sites (tertiary alicyclic amines) is 1. The van der Waals surface area contributed by atoms with E-state index in [4.69, 9.17) is 16.3 Å². The number of benzene rings is 1. The predicted octanol–water partition coefficient (Wildman–Crippen LogP) is 3.74. The molecule has 0 bridgehead atoms. The van der Waals surface area contributed by atoms with Gasteiger partial charge in [0.05, 0.1) is 5.02 Å². The number of halogens is 1. The normalized spacial score (nSPS) is 15.3. The van der Waals surface area contributed by atoms with Crippen LogP contribution >= 0.6 is 11.6 Å². The van der Waals surface area contributed by atoms with Crippen LogP contribution in [0.3, 0.4) is 0 Å². The highest BCUT2D eigenvalue weighted by atomic mass is 35.5. The average Bonchev–Trinajstić information content (AvgIpc) is 2.63. The third-order valence-corrected chi connectivity index (χ3v) is 4.48. The van der Waals surface area contributed by atoms with E-state index >= 15 is 0 Å². The van der Waals surface area contributed by atoms with Gasteiger partial charge in [-0.1, -0.05) is 41.9 Å². The van der Waals surface area contributed by atoms with Gasteiger partial charge in [0.2, 0.25) is 11.8 Å². The van der Waals surface area contributed by atoms with Crippen molar-refractivity contribution in [1.82, 2.24) is 9.88 Å². The smallest absolute Gasteiger partial charge is 0.222 e. The number of rotatable bonds is 5. The van der Waals surface area contributed by atoms with E-state index in [1.807, 2.05) is 23.1 Å². The molecule has 2 heterocycles. The van der Waals surface area contributed by atoms with Crippen molar-refractivity contribution in [1.29, 1.82) is 0 Å². The number of piperidine rings is 1. The van der Waals surface area contributed by atoms with Crippen LogP contribution in [0.4, 0.5) is 0 Å². The largest absolute Gasteiger partial charge is 0.474 e. The van der Waals surface area contributed by atoms with Crippen LogP contribution in [0.15, 0.2) is 48.7 Å². The van der Waals surface area contributed by atoms with Gasteiger partial charge in [-0.15, -0.1) is 0 Å². The van der Waals surface area contributed by atoms with Crippen LogP contribution in [-0.2, 0) is 11.2 Å². The third-order valence-electron chi connectivity index (χ3n) is 4.25. The first-order chi connectivity index (χ1) is 11.7. The Morgan fingerprint density at radius 1 is 1.17 bits per heavy atom. The van der Waals surface area contributed by atoms with Gasteiger partial charge < -0.3 is 9.64 Å². The van der Waals surface area contributed by atoms with Gasteiger partial charge in [0, 0.05) is 44.6 Å². The zero-order chi connectivity index (χ0) is 16.8. The minimum absolute atomic E-state index is 0.108. The SMILES string of the molecule is O=C(CCc1ccccc1)N1CCC(Oc2ccc(Cl)cn2)CC1. The van der Waals surface area contributed by atoms with Crippen LogP contribution in [0.25, 0.3) is 0 Å². The molecule has 1 fully saturated rings. The maximum Gasteiger partial charge on any atom is 0.222 e. The van der Waals surface area contributed by atoms with E-state index in [0.717, 1.165) is 32.4 Å². The molecule has 1 amide bonds. The number of nitrogens with zero attached hydrogens (tertiary/aromatic N) is 2. The fourth-order valence-corrected chi connectivity index (χ4v) is 2.99. The summed E-state index contributed by atoms with van der Waals surface area (Å²) in [7, 11) is 0.